The maximum atomic E-state index is 6.37. The summed E-state index contributed by atoms with van der Waals surface area (Å²) in [6.45, 7) is 8.99. The molecule has 3 nitrogen and oxygen atoms in total. The van der Waals surface area contributed by atoms with E-state index in [9.17, 15) is 0 Å². The van der Waals surface area contributed by atoms with Gasteiger partial charge in [-0.2, -0.15) is 0 Å². The van der Waals surface area contributed by atoms with Gasteiger partial charge in [-0.05, 0) is 62.8 Å². The second-order valence-electron chi connectivity index (χ2n) is 7.55. The van der Waals surface area contributed by atoms with Gasteiger partial charge in [-0.15, -0.1) is 0 Å². The zero-order chi connectivity index (χ0) is 14.5. The zero-order valence-electron chi connectivity index (χ0n) is 13.7. The van der Waals surface area contributed by atoms with Gasteiger partial charge in [0, 0.05) is 25.7 Å². The lowest BCUT2D eigenvalue weighted by Gasteiger charge is -2.38. The summed E-state index contributed by atoms with van der Waals surface area (Å²) >= 11 is 0. The van der Waals surface area contributed by atoms with Gasteiger partial charge in [-0.1, -0.05) is 13.8 Å². The molecule has 1 aliphatic heterocycles. The quantitative estimate of drug-likeness (QED) is 0.842. The van der Waals surface area contributed by atoms with E-state index >= 15 is 0 Å². The van der Waals surface area contributed by atoms with Crippen LogP contribution >= 0.6 is 0 Å². The highest BCUT2D eigenvalue weighted by molar-refractivity contribution is 4.85. The summed E-state index contributed by atoms with van der Waals surface area (Å²) in [5.74, 6) is 3.10. The molecule has 2 aliphatic rings. The van der Waals surface area contributed by atoms with Crippen LogP contribution in [0.4, 0.5) is 0 Å². The SMILES string of the molecule is CC(C)C1CCC(N)C(CN(C)CC2CCCOC2)C1. The third-order valence-corrected chi connectivity index (χ3v) is 5.40. The lowest BCUT2D eigenvalue weighted by Crippen LogP contribution is -2.44. The molecule has 1 saturated heterocycles. The normalized spacial score (nSPS) is 35.7. The maximum Gasteiger partial charge on any atom is 0.0506 e. The fraction of sp³-hybridized carbons (Fsp3) is 1.00. The lowest BCUT2D eigenvalue weighted by molar-refractivity contribution is 0.0372. The second kappa shape index (κ2) is 7.77. The number of hydrogen-bond donors (Lipinski definition) is 1. The highest BCUT2D eigenvalue weighted by Gasteiger charge is 2.30. The molecule has 0 radical (unpaired) electrons. The first-order valence-corrected chi connectivity index (χ1v) is 8.58. The molecule has 1 saturated carbocycles. The minimum atomic E-state index is 0.412. The first-order valence-electron chi connectivity index (χ1n) is 8.58. The van der Waals surface area contributed by atoms with E-state index < -0.39 is 0 Å². The number of rotatable bonds is 5. The maximum absolute atomic E-state index is 6.37. The van der Waals surface area contributed by atoms with Crippen molar-refractivity contribution in [2.45, 2.75) is 52.0 Å². The molecule has 1 heterocycles. The molecule has 0 bridgehead atoms. The largest absolute Gasteiger partial charge is 0.381 e. The van der Waals surface area contributed by atoms with E-state index in [0.29, 0.717) is 12.0 Å². The summed E-state index contributed by atoms with van der Waals surface area (Å²) in [5.41, 5.74) is 6.37. The van der Waals surface area contributed by atoms with E-state index in [1.807, 2.05) is 0 Å². The van der Waals surface area contributed by atoms with E-state index in [-0.39, 0.29) is 0 Å². The third-order valence-electron chi connectivity index (χ3n) is 5.40. The molecule has 20 heavy (non-hydrogen) atoms. The van der Waals surface area contributed by atoms with Crippen molar-refractivity contribution in [1.82, 2.24) is 4.90 Å². The lowest BCUT2D eigenvalue weighted by atomic mass is 9.73. The third kappa shape index (κ3) is 4.71. The number of ether oxygens (including phenoxy) is 1. The van der Waals surface area contributed by atoms with Crippen molar-refractivity contribution in [2.75, 3.05) is 33.4 Å². The van der Waals surface area contributed by atoms with Gasteiger partial charge in [0.05, 0.1) is 6.61 Å². The average molecular weight is 282 g/mol. The number of hydrogen-bond acceptors (Lipinski definition) is 3. The molecule has 0 aromatic rings. The van der Waals surface area contributed by atoms with Crippen LogP contribution < -0.4 is 5.73 Å². The van der Waals surface area contributed by atoms with Crippen LogP contribution in [0, 0.1) is 23.7 Å². The Morgan fingerprint density at radius 2 is 2.00 bits per heavy atom. The van der Waals surface area contributed by atoms with Gasteiger partial charge in [0.1, 0.15) is 0 Å². The van der Waals surface area contributed by atoms with Crippen LogP contribution in [0.15, 0.2) is 0 Å². The molecule has 118 valence electrons. The van der Waals surface area contributed by atoms with E-state index in [2.05, 4.69) is 25.8 Å². The highest BCUT2D eigenvalue weighted by Crippen LogP contribution is 2.33. The molecule has 3 heteroatoms. The summed E-state index contributed by atoms with van der Waals surface area (Å²) in [5, 5.41) is 0. The molecule has 0 aromatic carbocycles. The molecular weight excluding hydrogens is 248 g/mol. The van der Waals surface area contributed by atoms with Crippen LogP contribution in [0.3, 0.4) is 0 Å². The summed E-state index contributed by atoms with van der Waals surface area (Å²) in [6.07, 6.45) is 6.43. The Morgan fingerprint density at radius 3 is 2.65 bits per heavy atom. The Morgan fingerprint density at radius 1 is 1.20 bits per heavy atom. The van der Waals surface area contributed by atoms with Crippen molar-refractivity contribution in [3.05, 3.63) is 0 Å². The van der Waals surface area contributed by atoms with Gasteiger partial charge in [0.2, 0.25) is 0 Å². The molecule has 0 aromatic heterocycles. The monoisotopic (exact) mass is 282 g/mol. The Bertz CT molecular complexity index is 276. The predicted molar refractivity (Wildman–Crippen MR) is 84.7 cm³/mol. The molecule has 2 N–H and O–H groups in total. The van der Waals surface area contributed by atoms with Gasteiger partial charge in [-0.25, -0.2) is 0 Å². The smallest absolute Gasteiger partial charge is 0.0506 e. The molecule has 2 rings (SSSR count). The van der Waals surface area contributed by atoms with Crippen molar-refractivity contribution in [1.29, 1.82) is 0 Å². The molecule has 0 spiro atoms. The van der Waals surface area contributed by atoms with E-state index in [1.165, 1.54) is 45.2 Å². The van der Waals surface area contributed by atoms with Crippen LogP contribution in [-0.2, 0) is 4.74 Å². The Hall–Kier alpha value is -0.120. The number of nitrogens with zero attached hydrogens (tertiary/aromatic N) is 1. The minimum absolute atomic E-state index is 0.412. The summed E-state index contributed by atoms with van der Waals surface area (Å²) in [4.78, 5) is 2.51. The van der Waals surface area contributed by atoms with Crippen LogP contribution in [-0.4, -0.2) is 44.3 Å². The topological polar surface area (TPSA) is 38.5 Å². The predicted octanol–water partition coefficient (Wildman–Crippen LogP) is 2.74. The minimum Gasteiger partial charge on any atom is -0.381 e. The Labute approximate surface area is 125 Å². The van der Waals surface area contributed by atoms with Gasteiger partial charge in [0.25, 0.3) is 0 Å². The van der Waals surface area contributed by atoms with E-state index in [4.69, 9.17) is 10.5 Å². The first kappa shape index (κ1) is 16.3. The van der Waals surface area contributed by atoms with Gasteiger partial charge >= 0.3 is 0 Å². The van der Waals surface area contributed by atoms with E-state index in [1.54, 1.807) is 0 Å². The van der Waals surface area contributed by atoms with Gasteiger partial charge in [0.15, 0.2) is 0 Å². The molecule has 4 atom stereocenters. The van der Waals surface area contributed by atoms with E-state index in [0.717, 1.165) is 31.0 Å². The zero-order valence-corrected chi connectivity index (χ0v) is 13.7. The molecule has 4 unspecified atom stereocenters. The number of nitrogens with two attached hydrogens (primary N) is 1. The van der Waals surface area contributed by atoms with Crippen LogP contribution in [0.1, 0.15) is 46.0 Å². The van der Waals surface area contributed by atoms with Crippen molar-refractivity contribution in [3.8, 4) is 0 Å². The molecule has 2 fully saturated rings. The van der Waals surface area contributed by atoms with Crippen molar-refractivity contribution < 1.29 is 4.74 Å². The van der Waals surface area contributed by atoms with Crippen LogP contribution in [0.25, 0.3) is 0 Å². The Balaban J connectivity index is 1.77. The van der Waals surface area contributed by atoms with Crippen molar-refractivity contribution in [2.24, 2.45) is 29.4 Å². The molecular formula is C17H34N2O. The summed E-state index contributed by atoms with van der Waals surface area (Å²) in [6, 6.07) is 0.412. The van der Waals surface area contributed by atoms with Crippen molar-refractivity contribution >= 4 is 0 Å². The first-order chi connectivity index (χ1) is 9.56. The average Bonchev–Trinajstić information content (AvgIpc) is 2.42. The summed E-state index contributed by atoms with van der Waals surface area (Å²) < 4.78 is 5.59. The van der Waals surface area contributed by atoms with Crippen LogP contribution in [0.5, 0.6) is 0 Å². The van der Waals surface area contributed by atoms with Gasteiger partial charge < -0.3 is 15.4 Å². The Kier molecular flexibility index (Phi) is 6.31. The van der Waals surface area contributed by atoms with Crippen molar-refractivity contribution in [3.63, 3.8) is 0 Å². The van der Waals surface area contributed by atoms with Gasteiger partial charge in [-0.3, -0.25) is 0 Å². The fourth-order valence-electron chi connectivity index (χ4n) is 4.01. The fourth-order valence-corrected chi connectivity index (χ4v) is 4.01. The standard InChI is InChI=1S/C17H34N2O/c1-13(2)15-6-7-17(18)16(9-15)11-19(3)10-14-5-4-8-20-12-14/h13-17H,4-12,18H2,1-3H3. The summed E-state index contributed by atoms with van der Waals surface area (Å²) in [7, 11) is 2.26. The highest BCUT2D eigenvalue weighted by atomic mass is 16.5. The molecule has 0 amide bonds. The molecule has 1 aliphatic carbocycles. The second-order valence-corrected chi connectivity index (χ2v) is 7.55. The van der Waals surface area contributed by atoms with Crippen LogP contribution in [0.2, 0.25) is 0 Å².